The molecule has 2 heterocycles. The predicted octanol–water partition coefficient (Wildman–Crippen LogP) is 3.18. The van der Waals surface area contributed by atoms with Crippen LogP contribution in [-0.2, 0) is 11.3 Å². The Bertz CT molecular complexity index is 832. The summed E-state index contributed by atoms with van der Waals surface area (Å²) in [5.74, 6) is 1.44. The molecule has 0 radical (unpaired) electrons. The molecule has 7 nitrogen and oxygen atoms in total. The molecule has 140 valence electrons. The zero-order valence-corrected chi connectivity index (χ0v) is 16.1. The Balaban J connectivity index is 1.62. The largest absolute Gasteiger partial charge is 0.361 e. The Morgan fingerprint density at radius 1 is 1.38 bits per heavy atom. The summed E-state index contributed by atoms with van der Waals surface area (Å²) in [5.41, 5.74) is 2.94. The number of aryl methyl sites for hydroxylation is 1. The molecule has 0 unspecified atom stereocenters. The van der Waals surface area contributed by atoms with Gasteiger partial charge >= 0.3 is 0 Å². The quantitative estimate of drug-likeness (QED) is 0.710. The Morgan fingerprint density at radius 2 is 2.08 bits per heavy atom. The Kier molecular flexibility index (Phi) is 4.98. The van der Waals surface area contributed by atoms with Crippen molar-refractivity contribution in [1.82, 2.24) is 19.8 Å². The second-order valence-electron chi connectivity index (χ2n) is 7.34. The van der Waals surface area contributed by atoms with Gasteiger partial charge in [0.15, 0.2) is 5.78 Å². The fourth-order valence-corrected chi connectivity index (χ4v) is 3.39. The molecule has 2 aromatic rings. The van der Waals surface area contributed by atoms with Crippen LogP contribution in [-0.4, -0.2) is 38.6 Å². The van der Waals surface area contributed by atoms with E-state index in [1.165, 1.54) is 0 Å². The third-order valence-corrected chi connectivity index (χ3v) is 4.95. The van der Waals surface area contributed by atoms with Crippen LogP contribution in [0.3, 0.4) is 0 Å². The van der Waals surface area contributed by atoms with Gasteiger partial charge in [-0.15, -0.1) is 0 Å². The van der Waals surface area contributed by atoms with Crippen LogP contribution in [0.5, 0.6) is 0 Å². The first-order chi connectivity index (χ1) is 12.3. The van der Waals surface area contributed by atoms with Gasteiger partial charge in [-0.25, -0.2) is 0 Å². The van der Waals surface area contributed by atoms with E-state index in [0.717, 1.165) is 30.0 Å². The highest BCUT2D eigenvalue weighted by Crippen LogP contribution is 2.40. The molecule has 0 saturated heterocycles. The van der Waals surface area contributed by atoms with Crippen LogP contribution in [0.15, 0.2) is 10.6 Å². The van der Waals surface area contributed by atoms with Gasteiger partial charge in [0.2, 0.25) is 5.91 Å². The van der Waals surface area contributed by atoms with Gasteiger partial charge in [0.25, 0.3) is 0 Å². The van der Waals surface area contributed by atoms with Gasteiger partial charge in [-0.2, -0.15) is 5.10 Å². The highest BCUT2D eigenvalue weighted by molar-refractivity contribution is 5.96. The van der Waals surface area contributed by atoms with Crippen LogP contribution in [0, 0.1) is 13.8 Å². The number of Topliss-reactive ketones (excluding diaryl/α,β-unsaturated/α-hetero) is 1. The molecule has 1 atom stereocenters. The molecule has 1 aliphatic rings. The molecule has 0 bridgehead atoms. The van der Waals surface area contributed by atoms with E-state index in [1.54, 1.807) is 23.6 Å². The predicted molar refractivity (Wildman–Crippen MR) is 96.0 cm³/mol. The normalized spacial score (nSPS) is 15.1. The first kappa shape index (κ1) is 18.4. The molecule has 1 fully saturated rings. The average Bonchev–Trinajstić information content (AvgIpc) is 3.23. The molecular formula is C19H26N4O3. The maximum absolute atomic E-state index is 12.6. The number of hydrogen-bond donors (Lipinski definition) is 0. The minimum atomic E-state index is -0.129. The highest BCUT2D eigenvalue weighted by Gasteiger charge is 2.28. The van der Waals surface area contributed by atoms with E-state index in [2.05, 4.69) is 10.3 Å². The minimum absolute atomic E-state index is 0.000561. The van der Waals surface area contributed by atoms with E-state index in [1.807, 2.05) is 26.8 Å². The second-order valence-corrected chi connectivity index (χ2v) is 7.34. The Hall–Kier alpha value is -2.44. The molecule has 0 aromatic carbocycles. The van der Waals surface area contributed by atoms with Gasteiger partial charge < -0.3 is 9.42 Å². The van der Waals surface area contributed by atoms with Gasteiger partial charge in [0.1, 0.15) is 11.5 Å². The summed E-state index contributed by atoms with van der Waals surface area (Å²) in [4.78, 5) is 26.0. The van der Waals surface area contributed by atoms with Crippen LogP contribution < -0.4 is 0 Å². The van der Waals surface area contributed by atoms with E-state index in [-0.39, 0.29) is 17.7 Å². The number of nitrogens with zero attached hydrogens (tertiary/aromatic N) is 4. The Morgan fingerprint density at radius 3 is 2.65 bits per heavy atom. The fourth-order valence-electron chi connectivity index (χ4n) is 3.39. The van der Waals surface area contributed by atoms with E-state index in [0.29, 0.717) is 30.1 Å². The lowest BCUT2D eigenvalue weighted by molar-refractivity contribution is -0.131. The van der Waals surface area contributed by atoms with E-state index < -0.39 is 0 Å². The van der Waals surface area contributed by atoms with Gasteiger partial charge in [-0.3, -0.25) is 14.3 Å². The molecule has 0 aliphatic heterocycles. The number of carbonyl (C=O) groups is 2. The van der Waals surface area contributed by atoms with Crippen LogP contribution in [0.1, 0.15) is 78.3 Å². The van der Waals surface area contributed by atoms with Crippen molar-refractivity contribution in [2.24, 2.45) is 0 Å². The maximum atomic E-state index is 12.6. The van der Waals surface area contributed by atoms with Gasteiger partial charge in [-0.1, -0.05) is 5.16 Å². The topological polar surface area (TPSA) is 81.2 Å². The fraction of sp³-hybridized carbons (Fsp3) is 0.579. The lowest BCUT2D eigenvalue weighted by atomic mass is 10.1. The molecule has 1 aliphatic carbocycles. The standard InChI is InChI=1S/C19H26N4O3/c1-11(23-13(3)19(14(4)24)12(2)20-23)8-18(25)22(5)10-16-9-17(26-21-16)15-6-7-15/h9,11,15H,6-8,10H2,1-5H3/t11-/m0/s1. The summed E-state index contributed by atoms with van der Waals surface area (Å²) < 4.78 is 7.12. The molecule has 1 amide bonds. The van der Waals surface area contributed by atoms with Crippen molar-refractivity contribution in [2.45, 2.75) is 65.5 Å². The molecule has 0 spiro atoms. The number of amides is 1. The summed E-state index contributed by atoms with van der Waals surface area (Å²) in [6.45, 7) is 7.60. The SMILES string of the molecule is CC(=O)c1c(C)nn([C@@H](C)CC(=O)N(C)Cc2cc(C3CC3)on2)c1C. The van der Waals surface area contributed by atoms with Crippen molar-refractivity contribution in [3.8, 4) is 0 Å². The van der Waals surface area contributed by atoms with Crippen molar-refractivity contribution in [3.05, 3.63) is 34.5 Å². The van der Waals surface area contributed by atoms with Crippen molar-refractivity contribution in [2.75, 3.05) is 7.05 Å². The maximum Gasteiger partial charge on any atom is 0.224 e. The van der Waals surface area contributed by atoms with E-state index in [4.69, 9.17) is 4.52 Å². The number of aromatic nitrogens is 3. The van der Waals surface area contributed by atoms with E-state index in [9.17, 15) is 9.59 Å². The zero-order valence-electron chi connectivity index (χ0n) is 16.1. The van der Waals surface area contributed by atoms with Crippen LogP contribution in [0.25, 0.3) is 0 Å². The van der Waals surface area contributed by atoms with Crippen LogP contribution in [0.2, 0.25) is 0 Å². The zero-order chi connectivity index (χ0) is 19.0. The molecule has 2 aromatic heterocycles. The monoisotopic (exact) mass is 358 g/mol. The minimum Gasteiger partial charge on any atom is -0.361 e. The number of hydrogen-bond acceptors (Lipinski definition) is 5. The first-order valence-corrected chi connectivity index (χ1v) is 9.04. The van der Waals surface area contributed by atoms with Crippen molar-refractivity contribution >= 4 is 11.7 Å². The summed E-state index contributed by atoms with van der Waals surface area (Å²) >= 11 is 0. The first-order valence-electron chi connectivity index (χ1n) is 9.04. The number of ketones is 1. The highest BCUT2D eigenvalue weighted by atomic mass is 16.5. The smallest absolute Gasteiger partial charge is 0.224 e. The molecular weight excluding hydrogens is 332 g/mol. The van der Waals surface area contributed by atoms with Gasteiger partial charge in [0, 0.05) is 31.1 Å². The molecule has 26 heavy (non-hydrogen) atoms. The molecule has 3 rings (SSSR count). The van der Waals surface area contributed by atoms with Gasteiger partial charge in [0.05, 0.1) is 23.8 Å². The van der Waals surface area contributed by atoms with Crippen molar-refractivity contribution in [1.29, 1.82) is 0 Å². The lowest BCUT2D eigenvalue weighted by Crippen LogP contribution is -2.28. The van der Waals surface area contributed by atoms with Crippen LogP contribution >= 0.6 is 0 Å². The molecule has 7 heteroatoms. The van der Waals surface area contributed by atoms with Crippen molar-refractivity contribution in [3.63, 3.8) is 0 Å². The Labute approximate surface area is 153 Å². The second kappa shape index (κ2) is 7.05. The average molecular weight is 358 g/mol. The van der Waals surface area contributed by atoms with E-state index >= 15 is 0 Å². The lowest BCUT2D eigenvalue weighted by Gasteiger charge is -2.19. The molecule has 0 N–H and O–H groups in total. The van der Waals surface area contributed by atoms with Gasteiger partial charge in [-0.05, 0) is 40.5 Å². The van der Waals surface area contributed by atoms with Crippen molar-refractivity contribution < 1.29 is 14.1 Å². The third-order valence-electron chi connectivity index (χ3n) is 4.95. The summed E-state index contributed by atoms with van der Waals surface area (Å²) in [6.07, 6.45) is 2.63. The summed E-state index contributed by atoms with van der Waals surface area (Å²) in [7, 11) is 1.77. The van der Waals surface area contributed by atoms with Crippen LogP contribution in [0.4, 0.5) is 0 Å². The third kappa shape index (κ3) is 3.71. The summed E-state index contributed by atoms with van der Waals surface area (Å²) in [6, 6.07) is 1.82. The molecule has 1 saturated carbocycles. The number of rotatable bonds is 7. The summed E-state index contributed by atoms with van der Waals surface area (Å²) in [5, 5.41) is 8.52. The number of carbonyl (C=O) groups excluding carboxylic acids is 2.